The minimum absolute atomic E-state index is 0.0522. The third-order valence-corrected chi connectivity index (χ3v) is 5.84. The fraction of sp³-hybridized carbons (Fsp3) is 0.167. The Kier molecular flexibility index (Phi) is 7.55. The zero-order valence-corrected chi connectivity index (χ0v) is 18.4. The minimum Gasteiger partial charge on any atom is -0.326 e. The first-order valence-electron chi connectivity index (χ1n) is 9.53. The molecule has 30 heavy (non-hydrogen) atoms. The number of anilines is 2. The molecule has 0 aliphatic rings. The molecule has 0 saturated heterocycles. The highest BCUT2D eigenvalue weighted by molar-refractivity contribution is 8.00. The van der Waals surface area contributed by atoms with Gasteiger partial charge in [0.1, 0.15) is 0 Å². The van der Waals surface area contributed by atoms with E-state index in [4.69, 9.17) is 11.6 Å². The molecule has 2 amide bonds. The quantitative estimate of drug-likeness (QED) is 0.453. The van der Waals surface area contributed by atoms with Gasteiger partial charge in [-0.25, -0.2) is 0 Å². The number of halogens is 1. The first-order chi connectivity index (χ1) is 14.4. The first-order valence-corrected chi connectivity index (χ1v) is 10.9. The molecule has 3 aromatic rings. The lowest BCUT2D eigenvalue weighted by atomic mass is 10.1. The monoisotopic (exact) mass is 438 g/mol. The number of carbonyl (C=O) groups excluding carboxylic acids is 2. The number of aryl methyl sites for hydroxylation is 2. The van der Waals surface area contributed by atoms with Gasteiger partial charge in [0.25, 0.3) is 0 Å². The van der Waals surface area contributed by atoms with Crippen molar-refractivity contribution in [3.63, 3.8) is 0 Å². The van der Waals surface area contributed by atoms with Crippen LogP contribution >= 0.6 is 23.4 Å². The topological polar surface area (TPSA) is 58.2 Å². The maximum Gasteiger partial charge on any atom is 0.234 e. The van der Waals surface area contributed by atoms with Gasteiger partial charge in [0, 0.05) is 21.3 Å². The Labute approximate surface area is 186 Å². The van der Waals surface area contributed by atoms with E-state index in [0.717, 1.165) is 27.4 Å². The van der Waals surface area contributed by atoms with Gasteiger partial charge in [-0.3, -0.25) is 9.59 Å². The van der Waals surface area contributed by atoms with Crippen molar-refractivity contribution in [3.05, 3.63) is 88.4 Å². The molecule has 3 rings (SSSR count). The molecule has 0 fully saturated rings. The van der Waals surface area contributed by atoms with Gasteiger partial charge in [0.05, 0.1) is 12.2 Å². The van der Waals surface area contributed by atoms with Crippen LogP contribution in [0.4, 0.5) is 11.4 Å². The highest BCUT2D eigenvalue weighted by atomic mass is 35.5. The Morgan fingerprint density at radius 1 is 0.800 bits per heavy atom. The summed E-state index contributed by atoms with van der Waals surface area (Å²) in [5.41, 5.74) is 4.77. The van der Waals surface area contributed by atoms with Crippen molar-refractivity contribution in [1.29, 1.82) is 0 Å². The van der Waals surface area contributed by atoms with Crippen LogP contribution in [0.25, 0.3) is 0 Å². The van der Waals surface area contributed by atoms with Crippen molar-refractivity contribution < 1.29 is 9.59 Å². The van der Waals surface area contributed by atoms with Crippen molar-refractivity contribution in [2.75, 3.05) is 16.4 Å². The molecule has 0 saturated carbocycles. The normalized spacial score (nSPS) is 10.5. The lowest BCUT2D eigenvalue weighted by molar-refractivity contribution is -0.115. The summed E-state index contributed by atoms with van der Waals surface area (Å²) in [6.45, 7) is 4.07. The molecule has 4 nitrogen and oxygen atoms in total. The first kappa shape index (κ1) is 21.9. The Hall–Kier alpha value is -2.76. The van der Waals surface area contributed by atoms with Crippen molar-refractivity contribution in [2.24, 2.45) is 0 Å². The largest absolute Gasteiger partial charge is 0.326 e. The summed E-state index contributed by atoms with van der Waals surface area (Å²) in [4.78, 5) is 25.3. The summed E-state index contributed by atoms with van der Waals surface area (Å²) >= 11 is 7.31. The van der Waals surface area contributed by atoms with Crippen LogP contribution in [-0.2, 0) is 16.0 Å². The highest BCUT2D eigenvalue weighted by Crippen LogP contribution is 2.21. The lowest BCUT2D eigenvalue weighted by Crippen LogP contribution is -2.14. The Balaban J connectivity index is 1.46. The van der Waals surface area contributed by atoms with Gasteiger partial charge < -0.3 is 10.6 Å². The second-order valence-electron chi connectivity index (χ2n) is 7.01. The molecule has 0 atom stereocenters. The molecule has 154 valence electrons. The zero-order chi connectivity index (χ0) is 21.5. The standard InChI is InChI=1S/C24H23ClN2O2S/c1-16-3-8-21(13-17(16)2)27-24(29)15-30-22-11-9-20(10-12-22)26-23(28)14-18-4-6-19(25)7-5-18/h3-13H,14-15H2,1-2H3,(H,26,28)(H,27,29). The van der Waals surface area contributed by atoms with Crippen LogP contribution in [0.15, 0.2) is 71.6 Å². The van der Waals surface area contributed by atoms with E-state index in [0.29, 0.717) is 10.8 Å². The lowest BCUT2D eigenvalue weighted by Gasteiger charge is -2.09. The SMILES string of the molecule is Cc1ccc(NC(=O)CSc2ccc(NC(=O)Cc3ccc(Cl)cc3)cc2)cc1C. The van der Waals surface area contributed by atoms with Crippen LogP contribution in [0.2, 0.25) is 5.02 Å². The second kappa shape index (κ2) is 10.3. The van der Waals surface area contributed by atoms with Gasteiger partial charge in [-0.2, -0.15) is 0 Å². The smallest absolute Gasteiger partial charge is 0.234 e. The number of thioether (sulfide) groups is 1. The summed E-state index contributed by atoms with van der Waals surface area (Å²) < 4.78 is 0. The number of nitrogens with one attached hydrogen (secondary N) is 2. The van der Waals surface area contributed by atoms with E-state index >= 15 is 0 Å². The molecule has 0 spiro atoms. The van der Waals surface area contributed by atoms with Crippen molar-refractivity contribution in [3.8, 4) is 0 Å². The summed E-state index contributed by atoms with van der Waals surface area (Å²) in [5.74, 6) is 0.170. The van der Waals surface area contributed by atoms with E-state index in [1.807, 2.05) is 68.4 Å². The predicted octanol–water partition coefficient (Wildman–Crippen LogP) is 5.87. The van der Waals surface area contributed by atoms with Crippen LogP contribution in [0.1, 0.15) is 16.7 Å². The summed E-state index contributed by atoms with van der Waals surface area (Å²) in [6, 6.07) is 20.6. The van der Waals surface area contributed by atoms with Gasteiger partial charge in [0.15, 0.2) is 0 Å². The van der Waals surface area contributed by atoms with E-state index in [2.05, 4.69) is 10.6 Å². The van der Waals surface area contributed by atoms with Gasteiger partial charge in [-0.05, 0) is 79.1 Å². The van der Waals surface area contributed by atoms with E-state index < -0.39 is 0 Å². The predicted molar refractivity (Wildman–Crippen MR) is 125 cm³/mol. The molecule has 3 aromatic carbocycles. The molecule has 2 N–H and O–H groups in total. The van der Waals surface area contributed by atoms with E-state index in [-0.39, 0.29) is 18.2 Å². The second-order valence-corrected chi connectivity index (χ2v) is 8.50. The van der Waals surface area contributed by atoms with Crippen LogP contribution in [0.5, 0.6) is 0 Å². The third-order valence-electron chi connectivity index (χ3n) is 4.58. The molecular formula is C24H23ClN2O2S. The number of rotatable bonds is 7. The third kappa shape index (κ3) is 6.65. The molecule has 0 unspecified atom stereocenters. The number of hydrogen-bond acceptors (Lipinski definition) is 3. The molecule has 0 aliphatic heterocycles. The molecule has 6 heteroatoms. The van der Waals surface area contributed by atoms with Crippen LogP contribution in [-0.4, -0.2) is 17.6 Å². The fourth-order valence-electron chi connectivity index (χ4n) is 2.79. The highest BCUT2D eigenvalue weighted by Gasteiger charge is 2.07. The number of hydrogen-bond donors (Lipinski definition) is 2. The van der Waals surface area contributed by atoms with E-state index in [1.54, 1.807) is 12.1 Å². The summed E-state index contributed by atoms with van der Waals surface area (Å²) in [6.07, 6.45) is 0.284. The van der Waals surface area contributed by atoms with Gasteiger partial charge in [0.2, 0.25) is 11.8 Å². The molecular weight excluding hydrogens is 416 g/mol. The maximum atomic E-state index is 12.2. The Morgan fingerprint density at radius 2 is 1.43 bits per heavy atom. The fourth-order valence-corrected chi connectivity index (χ4v) is 3.62. The van der Waals surface area contributed by atoms with Gasteiger partial charge >= 0.3 is 0 Å². The minimum atomic E-state index is -0.0921. The van der Waals surface area contributed by atoms with Crippen LogP contribution in [0, 0.1) is 13.8 Å². The number of amides is 2. The van der Waals surface area contributed by atoms with Gasteiger partial charge in [-0.15, -0.1) is 11.8 Å². The molecule has 0 aliphatic carbocycles. The maximum absolute atomic E-state index is 12.2. The van der Waals surface area contributed by atoms with Crippen LogP contribution in [0.3, 0.4) is 0 Å². The van der Waals surface area contributed by atoms with Gasteiger partial charge in [-0.1, -0.05) is 29.8 Å². The van der Waals surface area contributed by atoms with E-state index in [9.17, 15) is 9.59 Å². The Bertz CT molecular complexity index is 1030. The average molecular weight is 439 g/mol. The van der Waals surface area contributed by atoms with E-state index in [1.165, 1.54) is 17.3 Å². The number of benzene rings is 3. The average Bonchev–Trinajstić information content (AvgIpc) is 2.72. The number of carbonyl (C=O) groups is 2. The van der Waals surface area contributed by atoms with Crippen molar-refractivity contribution in [1.82, 2.24) is 0 Å². The molecule has 0 bridgehead atoms. The zero-order valence-electron chi connectivity index (χ0n) is 16.9. The van der Waals surface area contributed by atoms with Crippen LogP contribution < -0.4 is 10.6 Å². The molecule has 0 aromatic heterocycles. The summed E-state index contributed by atoms with van der Waals surface area (Å²) in [5, 5.41) is 6.45. The summed E-state index contributed by atoms with van der Waals surface area (Å²) in [7, 11) is 0. The molecule has 0 radical (unpaired) electrons. The van der Waals surface area contributed by atoms with Crippen molar-refractivity contribution in [2.45, 2.75) is 25.2 Å². The van der Waals surface area contributed by atoms with Crippen molar-refractivity contribution >= 4 is 46.6 Å². The Morgan fingerprint density at radius 3 is 2.10 bits per heavy atom. The molecule has 0 heterocycles.